The first kappa shape index (κ1) is 19.9. The molecular weight excluding hydrogens is 354 g/mol. The zero-order chi connectivity index (χ0) is 19.9. The predicted octanol–water partition coefficient (Wildman–Crippen LogP) is 2.82. The Kier molecular flexibility index (Phi) is 6.66. The van der Waals surface area contributed by atoms with Gasteiger partial charge in [-0.25, -0.2) is 0 Å². The van der Waals surface area contributed by atoms with Gasteiger partial charge in [-0.05, 0) is 30.2 Å². The number of nitrogens with one attached hydrogen (secondary N) is 1. The molecule has 0 aliphatic carbocycles. The Balaban J connectivity index is 1.68. The van der Waals surface area contributed by atoms with Gasteiger partial charge >= 0.3 is 0 Å². The Morgan fingerprint density at radius 1 is 1.07 bits per heavy atom. The number of nitrogens with zero attached hydrogens (tertiary/aromatic N) is 2. The van der Waals surface area contributed by atoms with Crippen molar-refractivity contribution in [1.29, 1.82) is 0 Å². The lowest BCUT2D eigenvalue weighted by Gasteiger charge is -2.30. The number of anilines is 2. The van der Waals surface area contributed by atoms with Crippen molar-refractivity contribution >= 4 is 23.2 Å². The number of rotatable bonds is 6. The van der Waals surface area contributed by atoms with E-state index in [1.54, 1.807) is 4.90 Å². The lowest BCUT2D eigenvalue weighted by Crippen LogP contribution is -2.38. The summed E-state index contributed by atoms with van der Waals surface area (Å²) < 4.78 is 5.41. The van der Waals surface area contributed by atoms with Crippen LogP contribution in [0, 0.1) is 6.92 Å². The first-order valence-electron chi connectivity index (χ1n) is 9.56. The minimum absolute atomic E-state index is 0.0150. The van der Waals surface area contributed by atoms with Gasteiger partial charge in [-0.2, -0.15) is 0 Å². The number of amides is 2. The molecule has 1 heterocycles. The van der Waals surface area contributed by atoms with Crippen molar-refractivity contribution in [3.63, 3.8) is 0 Å². The van der Waals surface area contributed by atoms with Crippen LogP contribution in [0.5, 0.6) is 0 Å². The first-order valence-corrected chi connectivity index (χ1v) is 9.56. The van der Waals surface area contributed by atoms with Crippen LogP contribution >= 0.6 is 0 Å². The standard InChI is InChI=1S/C22H27N3O3/c1-17-7-3-4-8-19(17)15-25(18(2)26)16-22(27)23-20-9-5-6-10-21(20)24-11-13-28-14-12-24/h3-10H,11-16H2,1-2H3,(H,23,27). The summed E-state index contributed by atoms with van der Waals surface area (Å²) in [6, 6.07) is 15.6. The molecule has 148 valence electrons. The van der Waals surface area contributed by atoms with E-state index in [2.05, 4.69) is 10.2 Å². The Hall–Kier alpha value is -2.86. The van der Waals surface area contributed by atoms with Crippen LogP contribution in [-0.4, -0.2) is 49.6 Å². The van der Waals surface area contributed by atoms with Crippen LogP contribution in [0.25, 0.3) is 0 Å². The molecule has 1 N–H and O–H groups in total. The number of hydrogen-bond donors (Lipinski definition) is 1. The number of morpholine rings is 1. The molecule has 6 nitrogen and oxygen atoms in total. The minimum Gasteiger partial charge on any atom is -0.378 e. The van der Waals surface area contributed by atoms with E-state index in [0.29, 0.717) is 19.8 Å². The maximum atomic E-state index is 12.7. The van der Waals surface area contributed by atoms with Crippen molar-refractivity contribution in [2.45, 2.75) is 20.4 Å². The van der Waals surface area contributed by atoms with E-state index in [1.807, 2.05) is 55.5 Å². The fourth-order valence-corrected chi connectivity index (χ4v) is 3.29. The van der Waals surface area contributed by atoms with E-state index in [9.17, 15) is 9.59 Å². The van der Waals surface area contributed by atoms with E-state index < -0.39 is 0 Å². The molecule has 6 heteroatoms. The fourth-order valence-electron chi connectivity index (χ4n) is 3.29. The summed E-state index contributed by atoms with van der Waals surface area (Å²) in [5.74, 6) is -0.329. The number of benzene rings is 2. The molecule has 1 saturated heterocycles. The molecule has 0 unspecified atom stereocenters. The molecular formula is C22H27N3O3. The number of carbonyl (C=O) groups is 2. The number of para-hydroxylation sites is 2. The second-order valence-electron chi connectivity index (χ2n) is 6.97. The fraction of sp³-hybridized carbons (Fsp3) is 0.364. The van der Waals surface area contributed by atoms with Crippen LogP contribution in [-0.2, 0) is 20.9 Å². The molecule has 1 aliphatic rings. The molecule has 0 saturated carbocycles. The molecule has 0 spiro atoms. The lowest BCUT2D eigenvalue weighted by atomic mass is 10.1. The van der Waals surface area contributed by atoms with Gasteiger partial charge in [0, 0.05) is 26.6 Å². The topological polar surface area (TPSA) is 61.9 Å². The molecule has 1 fully saturated rings. The third kappa shape index (κ3) is 5.10. The molecule has 2 amide bonds. The van der Waals surface area contributed by atoms with Gasteiger partial charge < -0.3 is 19.9 Å². The van der Waals surface area contributed by atoms with Crippen LogP contribution in [0.3, 0.4) is 0 Å². The molecule has 3 rings (SSSR count). The highest BCUT2D eigenvalue weighted by molar-refractivity contribution is 5.97. The van der Waals surface area contributed by atoms with Gasteiger partial charge in [0.1, 0.15) is 6.54 Å². The van der Waals surface area contributed by atoms with Crippen LogP contribution in [0.4, 0.5) is 11.4 Å². The zero-order valence-corrected chi connectivity index (χ0v) is 16.5. The second kappa shape index (κ2) is 9.37. The van der Waals surface area contributed by atoms with E-state index in [1.165, 1.54) is 6.92 Å². The summed E-state index contributed by atoms with van der Waals surface area (Å²) in [5, 5.41) is 2.98. The smallest absolute Gasteiger partial charge is 0.244 e. The molecule has 0 atom stereocenters. The number of carbonyl (C=O) groups excluding carboxylic acids is 2. The number of hydrogen-bond acceptors (Lipinski definition) is 4. The highest BCUT2D eigenvalue weighted by Crippen LogP contribution is 2.26. The van der Waals surface area contributed by atoms with E-state index in [0.717, 1.165) is 35.6 Å². The Morgan fingerprint density at radius 2 is 1.75 bits per heavy atom. The van der Waals surface area contributed by atoms with Crippen molar-refractivity contribution in [2.24, 2.45) is 0 Å². The molecule has 28 heavy (non-hydrogen) atoms. The van der Waals surface area contributed by atoms with Crippen molar-refractivity contribution in [3.8, 4) is 0 Å². The van der Waals surface area contributed by atoms with Crippen molar-refractivity contribution in [1.82, 2.24) is 4.90 Å². The summed E-state index contributed by atoms with van der Waals surface area (Å²) in [5.41, 5.74) is 3.88. The average Bonchev–Trinajstić information content (AvgIpc) is 2.70. The lowest BCUT2D eigenvalue weighted by molar-refractivity contribution is -0.133. The van der Waals surface area contributed by atoms with Crippen LogP contribution < -0.4 is 10.2 Å². The van der Waals surface area contributed by atoms with Crippen LogP contribution in [0.1, 0.15) is 18.1 Å². The molecule has 2 aromatic rings. The maximum Gasteiger partial charge on any atom is 0.244 e. The highest BCUT2D eigenvalue weighted by Gasteiger charge is 2.18. The summed E-state index contributed by atoms with van der Waals surface area (Å²) >= 11 is 0. The summed E-state index contributed by atoms with van der Waals surface area (Å²) in [6.07, 6.45) is 0. The van der Waals surface area contributed by atoms with Crippen LogP contribution in [0.2, 0.25) is 0 Å². The van der Waals surface area contributed by atoms with Gasteiger partial charge in [0.2, 0.25) is 11.8 Å². The van der Waals surface area contributed by atoms with Gasteiger partial charge in [-0.1, -0.05) is 36.4 Å². The highest BCUT2D eigenvalue weighted by atomic mass is 16.5. The van der Waals surface area contributed by atoms with Gasteiger partial charge in [0.05, 0.1) is 24.6 Å². The van der Waals surface area contributed by atoms with Crippen molar-refractivity contribution < 1.29 is 14.3 Å². The minimum atomic E-state index is -0.204. The van der Waals surface area contributed by atoms with Gasteiger partial charge in [-0.15, -0.1) is 0 Å². The molecule has 1 aliphatic heterocycles. The van der Waals surface area contributed by atoms with E-state index in [4.69, 9.17) is 4.74 Å². The van der Waals surface area contributed by atoms with Gasteiger partial charge in [-0.3, -0.25) is 9.59 Å². The van der Waals surface area contributed by atoms with Crippen molar-refractivity contribution in [3.05, 3.63) is 59.7 Å². The SMILES string of the molecule is CC(=O)N(CC(=O)Nc1ccccc1N1CCOCC1)Cc1ccccc1C. The Morgan fingerprint density at radius 3 is 2.46 bits per heavy atom. The normalized spacial score (nSPS) is 13.9. The van der Waals surface area contributed by atoms with Crippen LogP contribution in [0.15, 0.2) is 48.5 Å². The third-order valence-electron chi connectivity index (χ3n) is 4.93. The Bertz CT molecular complexity index is 831. The molecule has 0 aromatic heterocycles. The zero-order valence-electron chi connectivity index (χ0n) is 16.5. The first-order chi connectivity index (χ1) is 13.5. The third-order valence-corrected chi connectivity index (χ3v) is 4.93. The maximum absolute atomic E-state index is 12.7. The summed E-state index contributed by atoms with van der Waals surface area (Å²) in [7, 11) is 0. The molecule has 2 aromatic carbocycles. The summed E-state index contributed by atoms with van der Waals surface area (Å²) in [4.78, 5) is 28.5. The van der Waals surface area contributed by atoms with E-state index >= 15 is 0 Å². The number of ether oxygens (including phenoxy) is 1. The largest absolute Gasteiger partial charge is 0.378 e. The monoisotopic (exact) mass is 381 g/mol. The average molecular weight is 381 g/mol. The second-order valence-corrected chi connectivity index (χ2v) is 6.97. The summed E-state index contributed by atoms with van der Waals surface area (Å²) in [6.45, 7) is 6.87. The number of aryl methyl sites for hydroxylation is 1. The molecule has 0 bridgehead atoms. The van der Waals surface area contributed by atoms with E-state index in [-0.39, 0.29) is 18.4 Å². The molecule has 0 radical (unpaired) electrons. The Labute approximate surface area is 166 Å². The van der Waals surface area contributed by atoms with Crippen molar-refractivity contribution in [2.75, 3.05) is 43.1 Å². The van der Waals surface area contributed by atoms with Gasteiger partial charge in [0.15, 0.2) is 0 Å². The predicted molar refractivity (Wildman–Crippen MR) is 110 cm³/mol. The quantitative estimate of drug-likeness (QED) is 0.836. The van der Waals surface area contributed by atoms with Gasteiger partial charge in [0.25, 0.3) is 0 Å².